The van der Waals surface area contributed by atoms with Crippen LogP contribution in [0.5, 0.6) is 0 Å². The first kappa shape index (κ1) is 12.5. The van der Waals surface area contributed by atoms with Crippen LogP contribution < -0.4 is 10.6 Å². The van der Waals surface area contributed by atoms with Crippen molar-refractivity contribution < 1.29 is 0 Å². The van der Waals surface area contributed by atoms with Gasteiger partial charge in [-0.25, -0.2) is 4.98 Å². The molecule has 5 heteroatoms. The molecular weight excluding hydrogens is 232 g/mol. The van der Waals surface area contributed by atoms with Crippen molar-refractivity contribution in [2.45, 2.75) is 30.9 Å². The summed E-state index contributed by atoms with van der Waals surface area (Å²) in [7, 11) is 1.84. The first-order valence-electron chi connectivity index (χ1n) is 5.99. The Morgan fingerprint density at radius 1 is 1.47 bits per heavy atom. The van der Waals surface area contributed by atoms with Crippen LogP contribution in [0.15, 0.2) is 6.20 Å². The van der Waals surface area contributed by atoms with Crippen LogP contribution in [0.3, 0.4) is 0 Å². The maximum Gasteiger partial charge on any atom is 0.224 e. The molecule has 1 fully saturated rings. The van der Waals surface area contributed by atoms with Crippen LogP contribution in [0.1, 0.15) is 24.8 Å². The van der Waals surface area contributed by atoms with Crippen LogP contribution >= 0.6 is 11.8 Å². The molecule has 0 radical (unpaired) electrons. The summed E-state index contributed by atoms with van der Waals surface area (Å²) < 4.78 is 0.428. The van der Waals surface area contributed by atoms with E-state index in [0.717, 1.165) is 17.9 Å². The van der Waals surface area contributed by atoms with Gasteiger partial charge in [0, 0.05) is 30.1 Å². The Labute approximate surface area is 107 Å². The first-order chi connectivity index (χ1) is 8.19. The third-order valence-electron chi connectivity index (χ3n) is 3.47. The summed E-state index contributed by atoms with van der Waals surface area (Å²) in [4.78, 5) is 8.63. The van der Waals surface area contributed by atoms with Crippen LogP contribution in [0.25, 0.3) is 0 Å². The Morgan fingerprint density at radius 2 is 2.24 bits per heavy atom. The van der Waals surface area contributed by atoms with Crippen LogP contribution in [0.2, 0.25) is 0 Å². The molecule has 0 amide bonds. The van der Waals surface area contributed by atoms with E-state index in [1.807, 2.05) is 31.9 Å². The van der Waals surface area contributed by atoms with E-state index in [1.54, 1.807) is 0 Å². The van der Waals surface area contributed by atoms with Crippen molar-refractivity contribution in [2.75, 3.05) is 30.5 Å². The monoisotopic (exact) mass is 252 g/mol. The number of nitrogens with one attached hydrogen (secondary N) is 2. The van der Waals surface area contributed by atoms with Gasteiger partial charge in [-0.15, -0.1) is 0 Å². The molecule has 2 rings (SSSR count). The molecule has 2 N–H and O–H groups in total. The lowest BCUT2D eigenvalue weighted by atomic mass is 9.84. The smallest absolute Gasteiger partial charge is 0.224 e. The van der Waals surface area contributed by atoms with Crippen molar-refractivity contribution in [2.24, 2.45) is 0 Å². The van der Waals surface area contributed by atoms with Crippen LogP contribution in [-0.4, -0.2) is 34.6 Å². The fourth-order valence-corrected chi connectivity index (χ4v) is 2.92. The predicted octanol–water partition coefficient (Wildman–Crippen LogP) is 2.52. The maximum absolute atomic E-state index is 4.44. The van der Waals surface area contributed by atoms with Gasteiger partial charge in [-0.2, -0.15) is 16.7 Å². The number of rotatable bonds is 5. The zero-order valence-electron chi connectivity index (χ0n) is 10.7. The van der Waals surface area contributed by atoms with E-state index in [9.17, 15) is 0 Å². The minimum atomic E-state index is 0.428. The molecule has 0 spiro atoms. The van der Waals surface area contributed by atoms with Crippen molar-refractivity contribution in [1.82, 2.24) is 9.97 Å². The molecular formula is C12H20N4S. The highest BCUT2D eigenvalue weighted by Crippen LogP contribution is 2.42. The molecule has 1 aromatic heterocycles. The van der Waals surface area contributed by atoms with E-state index in [4.69, 9.17) is 0 Å². The molecule has 0 saturated heterocycles. The summed E-state index contributed by atoms with van der Waals surface area (Å²) in [5.41, 5.74) is 1.10. The van der Waals surface area contributed by atoms with Crippen molar-refractivity contribution in [1.29, 1.82) is 0 Å². The van der Waals surface area contributed by atoms with Crippen LogP contribution in [-0.2, 0) is 0 Å². The third kappa shape index (κ3) is 2.65. The Kier molecular flexibility index (Phi) is 3.76. The highest BCUT2D eigenvalue weighted by Gasteiger charge is 2.35. The van der Waals surface area contributed by atoms with E-state index in [2.05, 4.69) is 26.9 Å². The second-order valence-electron chi connectivity index (χ2n) is 4.57. The summed E-state index contributed by atoms with van der Waals surface area (Å²) in [6, 6.07) is 0. The highest BCUT2D eigenvalue weighted by atomic mass is 32.2. The largest absolute Gasteiger partial charge is 0.368 e. The van der Waals surface area contributed by atoms with Crippen molar-refractivity contribution in [3.63, 3.8) is 0 Å². The molecule has 94 valence electrons. The first-order valence-corrected chi connectivity index (χ1v) is 7.22. The number of nitrogens with zero attached hydrogens (tertiary/aromatic N) is 2. The highest BCUT2D eigenvalue weighted by molar-refractivity contribution is 8.00. The van der Waals surface area contributed by atoms with E-state index >= 15 is 0 Å². The molecule has 1 heterocycles. The molecule has 1 aliphatic carbocycles. The van der Waals surface area contributed by atoms with Gasteiger partial charge in [-0.05, 0) is 26.0 Å². The Hall–Kier alpha value is -0.970. The summed E-state index contributed by atoms with van der Waals surface area (Å²) in [6.45, 7) is 3.03. The SMILES string of the molecule is CNc1ncc(C)c(NCC2(SC)CCC2)n1. The summed E-state index contributed by atoms with van der Waals surface area (Å²) >= 11 is 1.97. The van der Waals surface area contributed by atoms with E-state index in [0.29, 0.717) is 10.7 Å². The molecule has 0 aromatic carbocycles. The van der Waals surface area contributed by atoms with Crippen molar-refractivity contribution in [3.05, 3.63) is 11.8 Å². The lowest BCUT2D eigenvalue weighted by Crippen LogP contribution is -2.40. The van der Waals surface area contributed by atoms with Gasteiger partial charge >= 0.3 is 0 Å². The molecule has 0 bridgehead atoms. The molecule has 0 atom stereocenters. The molecule has 1 aromatic rings. The topological polar surface area (TPSA) is 49.8 Å². The number of aryl methyl sites for hydroxylation is 1. The number of aromatic nitrogens is 2. The van der Waals surface area contributed by atoms with Gasteiger partial charge in [-0.3, -0.25) is 0 Å². The molecule has 0 aliphatic heterocycles. The van der Waals surface area contributed by atoms with Crippen LogP contribution in [0.4, 0.5) is 11.8 Å². The lowest BCUT2D eigenvalue weighted by molar-refractivity contribution is 0.379. The zero-order chi connectivity index (χ0) is 12.3. The van der Waals surface area contributed by atoms with Crippen molar-refractivity contribution in [3.8, 4) is 0 Å². The van der Waals surface area contributed by atoms with Crippen LogP contribution in [0, 0.1) is 6.92 Å². The second kappa shape index (κ2) is 5.12. The summed E-state index contributed by atoms with van der Waals surface area (Å²) in [6.07, 6.45) is 8.03. The van der Waals surface area contributed by atoms with E-state index < -0.39 is 0 Å². The van der Waals surface area contributed by atoms with E-state index in [-0.39, 0.29) is 0 Å². The molecule has 1 aliphatic rings. The summed E-state index contributed by atoms with van der Waals surface area (Å²) in [5.74, 6) is 1.62. The third-order valence-corrected chi connectivity index (χ3v) is 4.89. The van der Waals surface area contributed by atoms with Gasteiger partial charge in [0.05, 0.1) is 0 Å². The minimum Gasteiger partial charge on any atom is -0.368 e. The molecule has 17 heavy (non-hydrogen) atoms. The lowest BCUT2D eigenvalue weighted by Gasteiger charge is -2.40. The van der Waals surface area contributed by atoms with E-state index in [1.165, 1.54) is 19.3 Å². The maximum atomic E-state index is 4.44. The average molecular weight is 252 g/mol. The normalized spacial score (nSPS) is 17.4. The van der Waals surface area contributed by atoms with Gasteiger partial charge < -0.3 is 10.6 Å². The number of hydrogen-bond acceptors (Lipinski definition) is 5. The molecule has 1 saturated carbocycles. The quantitative estimate of drug-likeness (QED) is 0.843. The standard InChI is InChI=1S/C12H20N4S/c1-9-7-14-11(13-2)16-10(9)15-8-12(17-3)5-4-6-12/h7H,4-6,8H2,1-3H3,(H2,13,14,15,16). The zero-order valence-corrected chi connectivity index (χ0v) is 11.5. The van der Waals surface area contributed by atoms with Gasteiger partial charge in [0.2, 0.25) is 5.95 Å². The fraction of sp³-hybridized carbons (Fsp3) is 0.667. The number of anilines is 2. The second-order valence-corrected chi connectivity index (χ2v) is 5.84. The molecule has 0 unspecified atom stereocenters. The van der Waals surface area contributed by atoms with Gasteiger partial charge in [0.25, 0.3) is 0 Å². The Bertz CT molecular complexity index is 385. The fourth-order valence-electron chi connectivity index (χ4n) is 2.01. The minimum absolute atomic E-state index is 0.428. The summed E-state index contributed by atoms with van der Waals surface area (Å²) in [5, 5.41) is 6.44. The van der Waals surface area contributed by atoms with Gasteiger partial charge in [0.1, 0.15) is 5.82 Å². The Balaban J connectivity index is 2.02. The van der Waals surface area contributed by atoms with Gasteiger partial charge in [-0.1, -0.05) is 6.42 Å². The Morgan fingerprint density at radius 3 is 2.76 bits per heavy atom. The predicted molar refractivity (Wildman–Crippen MR) is 74.9 cm³/mol. The molecule has 4 nitrogen and oxygen atoms in total. The van der Waals surface area contributed by atoms with Gasteiger partial charge in [0.15, 0.2) is 0 Å². The van der Waals surface area contributed by atoms with Crippen molar-refractivity contribution >= 4 is 23.5 Å². The number of thioether (sulfide) groups is 1. The number of hydrogen-bond donors (Lipinski definition) is 2. The average Bonchev–Trinajstić information content (AvgIpc) is 2.30.